The molecule has 4 aromatic rings. The zero-order chi connectivity index (χ0) is 20.8. The lowest BCUT2D eigenvalue weighted by atomic mass is 10.1. The van der Waals surface area contributed by atoms with E-state index in [1.54, 1.807) is 19.4 Å². The smallest absolute Gasteiger partial charge is 0.161 e. The Bertz CT molecular complexity index is 1110. The van der Waals surface area contributed by atoms with Gasteiger partial charge in [0.25, 0.3) is 0 Å². The molecule has 4 rings (SSSR count). The molecule has 0 bridgehead atoms. The molecule has 0 aliphatic heterocycles. The van der Waals surface area contributed by atoms with E-state index in [4.69, 9.17) is 21.1 Å². The summed E-state index contributed by atoms with van der Waals surface area (Å²) in [7, 11) is 1.66. The number of nitrogens with zero attached hydrogens (tertiary/aromatic N) is 1. The van der Waals surface area contributed by atoms with Gasteiger partial charge in [0.2, 0.25) is 0 Å². The first-order chi connectivity index (χ1) is 14.7. The Kier molecular flexibility index (Phi) is 6.52. The number of ether oxygens (including phenoxy) is 2. The Morgan fingerprint density at radius 1 is 1.03 bits per heavy atom. The van der Waals surface area contributed by atoms with E-state index in [0.717, 1.165) is 36.6 Å². The van der Waals surface area contributed by atoms with Crippen molar-refractivity contribution in [3.63, 3.8) is 0 Å². The number of benzene rings is 2. The molecule has 2 aromatic heterocycles. The zero-order valence-electron chi connectivity index (χ0n) is 16.9. The van der Waals surface area contributed by atoms with Crippen molar-refractivity contribution >= 4 is 22.5 Å². The lowest BCUT2D eigenvalue weighted by Gasteiger charge is -2.12. The summed E-state index contributed by atoms with van der Waals surface area (Å²) in [6.45, 7) is 2.32. The van der Waals surface area contributed by atoms with Crippen LogP contribution in [0.4, 0.5) is 0 Å². The van der Waals surface area contributed by atoms with Gasteiger partial charge in [0.05, 0.1) is 13.7 Å². The summed E-state index contributed by atoms with van der Waals surface area (Å²) in [5.41, 5.74) is 4.71. The normalized spacial score (nSPS) is 11.0. The average Bonchev–Trinajstić information content (AvgIpc) is 3.20. The number of nitrogens with two attached hydrogens (primary N) is 1. The fourth-order valence-electron chi connectivity index (χ4n) is 3.48. The number of halogens is 1. The number of para-hydroxylation sites is 1. The largest absolute Gasteiger partial charge is 0.493 e. The van der Waals surface area contributed by atoms with Gasteiger partial charge in [-0.25, -0.2) is 4.98 Å². The molecule has 0 saturated heterocycles. The predicted octanol–water partition coefficient (Wildman–Crippen LogP) is 4.11. The second-order valence-electron chi connectivity index (χ2n) is 7.15. The highest BCUT2D eigenvalue weighted by Gasteiger charge is 2.08. The Morgan fingerprint density at radius 2 is 1.90 bits per heavy atom. The van der Waals surface area contributed by atoms with Crippen LogP contribution in [0.5, 0.6) is 11.5 Å². The Balaban J connectivity index is 1.30. The highest BCUT2D eigenvalue weighted by atomic mass is 35.5. The van der Waals surface area contributed by atoms with Crippen molar-refractivity contribution in [2.24, 2.45) is 0 Å². The van der Waals surface area contributed by atoms with Gasteiger partial charge in [-0.1, -0.05) is 35.9 Å². The average molecular weight is 423 g/mol. The van der Waals surface area contributed by atoms with Gasteiger partial charge in [0.15, 0.2) is 11.5 Å². The van der Waals surface area contributed by atoms with E-state index in [-0.39, 0.29) is 0 Å². The number of methoxy groups -OCH3 is 1. The minimum atomic E-state index is 0.413. The monoisotopic (exact) mass is 422 g/mol. The fraction of sp³-hybridized carbons (Fsp3) is 0.208. The van der Waals surface area contributed by atoms with E-state index in [1.165, 1.54) is 22.0 Å². The molecule has 0 aliphatic carbocycles. The summed E-state index contributed by atoms with van der Waals surface area (Å²) in [6.07, 6.45) is 4.85. The fourth-order valence-corrected chi connectivity index (χ4v) is 3.59. The molecule has 0 saturated carbocycles. The second kappa shape index (κ2) is 9.65. The molecule has 154 valence electrons. The van der Waals surface area contributed by atoms with E-state index in [9.17, 15) is 0 Å². The van der Waals surface area contributed by atoms with Gasteiger partial charge in [-0.05, 0) is 35.9 Å². The molecule has 6 heteroatoms. The third-order valence-electron chi connectivity index (χ3n) is 5.08. The number of nitrogens with one attached hydrogen (secondary N) is 1. The Hall–Kier alpha value is -3.02. The molecule has 0 spiro atoms. The maximum atomic E-state index is 5.90. The van der Waals surface area contributed by atoms with Gasteiger partial charge >= 0.3 is 0 Å². The van der Waals surface area contributed by atoms with E-state index < -0.39 is 0 Å². The Labute approximate surface area is 181 Å². The molecular formula is C24H25ClN3O2+. The molecule has 30 heavy (non-hydrogen) atoms. The lowest BCUT2D eigenvalue weighted by Crippen LogP contribution is -2.83. The van der Waals surface area contributed by atoms with Crippen molar-refractivity contribution in [2.75, 3.05) is 13.7 Å². The molecule has 0 atom stereocenters. The number of pyridine rings is 1. The summed E-state index contributed by atoms with van der Waals surface area (Å²) in [6, 6.07) is 18.2. The standard InChI is InChI=1S/C24H24ClN3O2/c1-29-23-12-17(6-8-22(23)30-16-18-7-9-24(25)28-14-18)13-26-11-10-19-15-27-21-5-3-2-4-20(19)21/h2-9,12,14-15,26-27H,10-11,13,16H2,1H3/p+1. The number of hydrogen-bond donors (Lipinski definition) is 2. The van der Waals surface area contributed by atoms with Crippen molar-refractivity contribution in [3.05, 3.63) is 88.8 Å². The van der Waals surface area contributed by atoms with E-state index in [1.807, 2.05) is 18.2 Å². The first-order valence-corrected chi connectivity index (χ1v) is 10.4. The first-order valence-electron chi connectivity index (χ1n) is 10.00. The van der Waals surface area contributed by atoms with Crippen molar-refractivity contribution in [1.82, 2.24) is 9.97 Å². The summed E-state index contributed by atoms with van der Waals surface area (Å²) in [5, 5.41) is 4.10. The number of rotatable bonds is 9. The molecule has 5 nitrogen and oxygen atoms in total. The molecule has 2 aromatic carbocycles. The van der Waals surface area contributed by atoms with Gasteiger partial charge < -0.3 is 19.8 Å². The van der Waals surface area contributed by atoms with E-state index in [0.29, 0.717) is 11.8 Å². The van der Waals surface area contributed by atoms with Crippen LogP contribution in [-0.4, -0.2) is 23.6 Å². The Morgan fingerprint density at radius 3 is 2.73 bits per heavy atom. The van der Waals surface area contributed by atoms with E-state index >= 15 is 0 Å². The highest BCUT2D eigenvalue weighted by molar-refractivity contribution is 6.29. The zero-order valence-corrected chi connectivity index (χ0v) is 17.7. The van der Waals surface area contributed by atoms with Crippen LogP contribution >= 0.6 is 11.6 Å². The number of fused-ring (bicyclic) bond motifs is 1. The van der Waals surface area contributed by atoms with Crippen LogP contribution in [0.1, 0.15) is 16.7 Å². The number of aromatic amines is 1. The van der Waals surface area contributed by atoms with Crippen LogP contribution in [0.2, 0.25) is 5.15 Å². The maximum absolute atomic E-state index is 5.90. The third-order valence-corrected chi connectivity index (χ3v) is 5.31. The van der Waals surface area contributed by atoms with Crippen molar-refractivity contribution in [2.45, 2.75) is 19.6 Å². The van der Waals surface area contributed by atoms with Crippen LogP contribution in [0, 0.1) is 0 Å². The lowest BCUT2D eigenvalue weighted by molar-refractivity contribution is -0.670. The number of hydrogen-bond acceptors (Lipinski definition) is 3. The summed E-state index contributed by atoms with van der Waals surface area (Å²) >= 11 is 5.82. The van der Waals surface area contributed by atoms with Gasteiger partial charge in [0, 0.05) is 40.8 Å². The number of aromatic nitrogens is 2. The predicted molar refractivity (Wildman–Crippen MR) is 119 cm³/mol. The van der Waals surface area contributed by atoms with Crippen LogP contribution in [-0.2, 0) is 19.6 Å². The van der Waals surface area contributed by atoms with Crippen molar-refractivity contribution in [1.29, 1.82) is 0 Å². The highest BCUT2D eigenvalue weighted by Crippen LogP contribution is 2.28. The maximum Gasteiger partial charge on any atom is 0.161 e. The van der Waals surface area contributed by atoms with E-state index in [2.05, 4.69) is 51.8 Å². The molecule has 3 N–H and O–H groups in total. The topological polar surface area (TPSA) is 63.8 Å². The van der Waals surface area contributed by atoms with Crippen LogP contribution in [0.25, 0.3) is 10.9 Å². The molecule has 0 radical (unpaired) electrons. The van der Waals surface area contributed by atoms with Crippen LogP contribution in [0.15, 0.2) is 67.0 Å². The second-order valence-corrected chi connectivity index (χ2v) is 7.54. The summed E-state index contributed by atoms with van der Waals surface area (Å²) in [4.78, 5) is 7.41. The molecule has 0 aliphatic rings. The quantitative estimate of drug-likeness (QED) is 0.315. The minimum Gasteiger partial charge on any atom is -0.493 e. The SMILES string of the molecule is COc1cc(C[NH2+]CCc2c[nH]c3ccccc23)ccc1OCc1ccc(Cl)nc1. The van der Waals surface area contributed by atoms with Gasteiger partial charge in [-0.2, -0.15) is 0 Å². The number of H-pyrrole nitrogens is 1. The number of quaternary nitrogens is 1. The molecule has 0 amide bonds. The van der Waals surface area contributed by atoms with Crippen molar-refractivity contribution in [3.8, 4) is 11.5 Å². The molecular weight excluding hydrogens is 398 g/mol. The summed E-state index contributed by atoms with van der Waals surface area (Å²) in [5.74, 6) is 1.45. The van der Waals surface area contributed by atoms with Gasteiger partial charge in [0.1, 0.15) is 18.3 Å². The van der Waals surface area contributed by atoms with Crippen LogP contribution in [0.3, 0.4) is 0 Å². The van der Waals surface area contributed by atoms with Crippen LogP contribution < -0.4 is 14.8 Å². The van der Waals surface area contributed by atoms with Crippen molar-refractivity contribution < 1.29 is 14.8 Å². The van der Waals surface area contributed by atoms with Gasteiger partial charge in [-0.15, -0.1) is 0 Å². The molecule has 2 heterocycles. The molecule has 0 fully saturated rings. The summed E-state index contributed by atoms with van der Waals surface area (Å²) < 4.78 is 11.4. The first kappa shape index (κ1) is 20.3. The van der Waals surface area contributed by atoms with Gasteiger partial charge in [-0.3, -0.25) is 0 Å². The molecule has 0 unspecified atom stereocenters. The third kappa shape index (κ3) is 4.93. The minimum absolute atomic E-state index is 0.413.